The van der Waals surface area contributed by atoms with E-state index in [1.807, 2.05) is 0 Å². The topological polar surface area (TPSA) is 109 Å². The number of carbonyl (C=O) groups excluding carboxylic acids is 1. The standard InChI is InChI=1S/C15H23N3O5S/c1-11(15(20)21)9-16-14(19)13-8-12(10-17(13)2)24(22,23)18-6-4-3-5-7-18/h8,10-11H,3-7,9H2,1-2H3,(H,16,19)(H,20,21). The highest BCUT2D eigenvalue weighted by molar-refractivity contribution is 7.89. The van der Waals surface area contributed by atoms with Crippen molar-refractivity contribution >= 4 is 21.9 Å². The molecule has 1 atom stereocenters. The van der Waals surface area contributed by atoms with E-state index in [9.17, 15) is 18.0 Å². The molecule has 8 nitrogen and oxygen atoms in total. The van der Waals surface area contributed by atoms with Crippen molar-refractivity contribution in [3.63, 3.8) is 0 Å². The Kier molecular flexibility index (Phi) is 5.66. The number of aliphatic carboxylic acids is 1. The second-order valence-corrected chi connectivity index (χ2v) is 8.02. The van der Waals surface area contributed by atoms with Gasteiger partial charge in [0.25, 0.3) is 5.91 Å². The molecule has 1 aliphatic rings. The number of carboxylic acids is 1. The fraction of sp³-hybridized carbons (Fsp3) is 0.600. The van der Waals surface area contributed by atoms with Crippen LogP contribution in [0.1, 0.15) is 36.7 Å². The maximum absolute atomic E-state index is 12.6. The molecule has 1 fully saturated rings. The second kappa shape index (κ2) is 7.35. The molecule has 0 spiro atoms. The van der Waals surface area contributed by atoms with Crippen LogP contribution >= 0.6 is 0 Å². The number of piperidine rings is 1. The third-order valence-electron chi connectivity index (χ3n) is 4.16. The summed E-state index contributed by atoms with van der Waals surface area (Å²) in [6.45, 7) is 2.46. The molecule has 1 saturated heterocycles. The summed E-state index contributed by atoms with van der Waals surface area (Å²) in [7, 11) is -2.02. The van der Waals surface area contributed by atoms with E-state index in [0.717, 1.165) is 19.3 Å². The van der Waals surface area contributed by atoms with Crippen LogP contribution in [0.15, 0.2) is 17.2 Å². The third-order valence-corrected chi connectivity index (χ3v) is 6.02. The zero-order valence-corrected chi connectivity index (χ0v) is 14.7. The number of sulfonamides is 1. The molecule has 1 aliphatic heterocycles. The lowest BCUT2D eigenvalue weighted by Crippen LogP contribution is -2.35. The Morgan fingerprint density at radius 3 is 2.50 bits per heavy atom. The Morgan fingerprint density at radius 1 is 1.29 bits per heavy atom. The number of amides is 1. The lowest BCUT2D eigenvalue weighted by molar-refractivity contribution is -0.140. The first-order valence-corrected chi connectivity index (χ1v) is 9.35. The minimum atomic E-state index is -3.60. The molecule has 0 aromatic carbocycles. The van der Waals surface area contributed by atoms with Crippen LogP contribution in [-0.2, 0) is 21.9 Å². The Bertz CT molecular complexity index is 719. The first-order chi connectivity index (χ1) is 11.2. The lowest BCUT2D eigenvalue weighted by atomic mass is 10.2. The minimum absolute atomic E-state index is 0.0203. The highest BCUT2D eigenvalue weighted by Crippen LogP contribution is 2.22. The van der Waals surface area contributed by atoms with Crippen molar-refractivity contribution in [1.29, 1.82) is 0 Å². The molecule has 9 heteroatoms. The summed E-state index contributed by atoms with van der Waals surface area (Å²) < 4.78 is 28.2. The van der Waals surface area contributed by atoms with E-state index < -0.39 is 27.8 Å². The van der Waals surface area contributed by atoms with Gasteiger partial charge in [-0.05, 0) is 18.9 Å². The fourth-order valence-corrected chi connectivity index (χ4v) is 4.17. The second-order valence-electron chi connectivity index (χ2n) is 6.09. The lowest BCUT2D eigenvalue weighted by Gasteiger charge is -2.25. The van der Waals surface area contributed by atoms with E-state index in [2.05, 4.69) is 5.32 Å². The van der Waals surface area contributed by atoms with E-state index in [-0.39, 0.29) is 17.1 Å². The molecular weight excluding hydrogens is 334 g/mol. The normalized spacial score (nSPS) is 17.4. The van der Waals surface area contributed by atoms with E-state index >= 15 is 0 Å². The van der Waals surface area contributed by atoms with Gasteiger partial charge >= 0.3 is 5.97 Å². The molecule has 2 heterocycles. The number of aryl methyl sites for hydroxylation is 1. The van der Waals surface area contributed by atoms with Gasteiger partial charge in [0, 0.05) is 32.9 Å². The number of hydrogen-bond acceptors (Lipinski definition) is 4. The molecule has 1 amide bonds. The monoisotopic (exact) mass is 357 g/mol. The van der Waals surface area contributed by atoms with Gasteiger partial charge < -0.3 is 15.0 Å². The smallest absolute Gasteiger partial charge is 0.308 e. The number of nitrogens with zero attached hydrogens (tertiary/aromatic N) is 2. The maximum atomic E-state index is 12.6. The van der Waals surface area contributed by atoms with Crippen LogP contribution in [0.2, 0.25) is 0 Å². The largest absolute Gasteiger partial charge is 0.481 e. The fourth-order valence-electron chi connectivity index (χ4n) is 2.58. The Morgan fingerprint density at radius 2 is 1.92 bits per heavy atom. The van der Waals surface area contributed by atoms with Crippen molar-refractivity contribution in [1.82, 2.24) is 14.2 Å². The van der Waals surface area contributed by atoms with Crippen molar-refractivity contribution < 1.29 is 23.1 Å². The van der Waals surface area contributed by atoms with Gasteiger partial charge in [0.1, 0.15) is 10.6 Å². The molecule has 134 valence electrons. The van der Waals surface area contributed by atoms with E-state index in [1.165, 1.54) is 28.1 Å². The van der Waals surface area contributed by atoms with Crippen molar-refractivity contribution in [3.8, 4) is 0 Å². The SMILES string of the molecule is CC(CNC(=O)c1cc(S(=O)(=O)N2CCCCC2)cn1C)C(=O)O. The molecule has 0 bridgehead atoms. The molecule has 0 radical (unpaired) electrons. The molecule has 2 rings (SSSR count). The molecule has 0 saturated carbocycles. The first kappa shape index (κ1) is 18.5. The zero-order chi connectivity index (χ0) is 17.9. The summed E-state index contributed by atoms with van der Waals surface area (Å²) in [5, 5.41) is 11.3. The van der Waals surface area contributed by atoms with Gasteiger partial charge in [-0.3, -0.25) is 9.59 Å². The quantitative estimate of drug-likeness (QED) is 0.777. The predicted octanol–water partition coefficient (Wildman–Crippen LogP) is 0.650. The van der Waals surface area contributed by atoms with E-state index in [4.69, 9.17) is 5.11 Å². The molecule has 2 N–H and O–H groups in total. The summed E-state index contributed by atoms with van der Waals surface area (Å²) in [5.74, 6) is -2.22. The number of carboxylic acid groups (broad SMARTS) is 1. The molecule has 24 heavy (non-hydrogen) atoms. The number of rotatable bonds is 6. The minimum Gasteiger partial charge on any atom is -0.481 e. The number of nitrogens with one attached hydrogen (secondary N) is 1. The zero-order valence-electron chi connectivity index (χ0n) is 13.9. The molecule has 1 aromatic heterocycles. The van der Waals surface area contributed by atoms with Crippen LogP contribution in [0.5, 0.6) is 0 Å². The van der Waals surface area contributed by atoms with E-state index in [0.29, 0.717) is 13.1 Å². The van der Waals surface area contributed by atoms with Crippen LogP contribution in [0.25, 0.3) is 0 Å². The summed E-state index contributed by atoms with van der Waals surface area (Å²) >= 11 is 0. The van der Waals surface area contributed by atoms with Gasteiger partial charge in [-0.1, -0.05) is 13.3 Å². The van der Waals surface area contributed by atoms with Crippen molar-refractivity contribution in [2.45, 2.75) is 31.1 Å². The predicted molar refractivity (Wildman–Crippen MR) is 87.2 cm³/mol. The average Bonchev–Trinajstić information content (AvgIpc) is 2.95. The summed E-state index contributed by atoms with van der Waals surface area (Å²) in [6.07, 6.45) is 4.12. The van der Waals surface area contributed by atoms with Crippen LogP contribution in [0.3, 0.4) is 0 Å². The van der Waals surface area contributed by atoms with Gasteiger partial charge in [-0.2, -0.15) is 4.31 Å². The van der Waals surface area contributed by atoms with Gasteiger partial charge in [-0.15, -0.1) is 0 Å². The van der Waals surface area contributed by atoms with Crippen molar-refractivity contribution in [2.75, 3.05) is 19.6 Å². The summed E-state index contributed by atoms with van der Waals surface area (Å²) in [5.41, 5.74) is 0.183. The van der Waals surface area contributed by atoms with Crippen LogP contribution in [0.4, 0.5) is 0 Å². The third kappa shape index (κ3) is 3.96. The van der Waals surface area contributed by atoms with Crippen molar-refractivity contribution in [2.24, 2.45) is 13.0 Å². The van der Waals surface area contributed by atoms with Crippen LogP contribution in [-0.4, -0.2) is 53.9 Å². The molecule has 0 aliphatic carbocycles. The van der Waals surface area contributed by atoms with E-state index in [1.54, 1.807) is 7.05 Å². The summed E-state index contributed by atoms with van der Waals surface area (Å²) in [6, 6.07) is 1.34. The highest BCUT2D eigenvalue weighted by Gasteiger charge is 2.28. The maximum Gasteiger partial charge on any atom is 0.308 e. The summed E-state index contributed by atoms with van der Waals surface area (Å²) in [4.78, 5) is 23.0. The Hall–Kier alpha value is -1.87. The van der Waals surface area contributed by atoms with Gasteiger partial charge in [0.2, 0.25) is 10.0 Å². The van der Waals surface area contributed by atoms with Crippen molar-refractivity contribution in [3.05, 3.63) is 18.0 Å². The number of carbonyl (C=O) groups is 2. The molecule has 1 aromatic rings. The number of aromatic nitrogens is 1. The average molecular weight is 357 g/mol. The van der Waals surface area contributed by atoms with Crippen LogP contribution in [0, 0.1) is 5.92 Å². The Balaban J connectivity index is 2.14. The molecular formula is C15H23N3O5S. The van der Waals surface area contributed by atoms with Gasteiger partial charge in [0.15, 0.2) is 0 Å². The first-order valence-electron chi connectivity index (χ1n) is 7.91. The van der Waals surface area contributed by atoms with Crippen LogP contribution < -0.4 is 5.32 Å². The van der Waals surface area contributed by atoms with Gasteiger partial charge in [0.05, 0.1) is 5.92 Å². The van der Waals surface area contributed by atoms with Gasteiger partial charge in [-0.25, -0.2) is 8.42 Å². The highest BCUT2D eigenvalue weighted by atomic mass is 32.2. The molecule has 1 unspecified atom stereocenters. The number of hydrogen-bond donors (Lipinski definition) is 2. The Labute approximate surface area is 141 Å².